The van der Waals surface area contributed by atoms with Crippen LogP contribution in [0.5, 0.6) is 0 Å². The van der Waals surface area contributed by atoms with Gasteiger partial charge in [0.25, 0.3) is 0 Å². The van der Waals surface area contributed by atoms with Crippen molar-refractivity contribution in [1.29, 1.82) is 0 Å². The van der Waals surface area contributed by atoms with E-state index in [0.29, 0.717) is 5.56 Å². The number of carboxylic acid groups (broad SMARTS) is 1. The Morgan fingerprint density at radius 1 is 1.00 bits per heavy atom. The van der Waals surface area contributed by atoms with Crippen molar-refractivity contribution in [2.45, 2.75) is 52.4 Å². The zero-order valence-electron chi connectivity index (χ0n) is 13.7. The van der Waals surface area contributed by atoms with E-state index in [1.54, 1.807) is 0 Å². The predicted octanol–water partition coefficient (Wildman–Crippen LogP) is 6.39. The molecule has 0 aliphatic carbocycles. The molecule has 0 atom stereocenters. The van der Waals surface area contributed by atoms with Crippen molar-refractivity contribution in [3.63, 3.8) is 0 Å². The third-order valence-electron chi connectivity index (χ3n) is 3.74. The monoisotopic (exact) mass is 655 g/mol. The molecule has 23 heavy (non-hydrogen) atoms. The number of benzene rings is 1. The highest BCUT2D eigenvalue weighted by Crippen LogP contribution is 2.35. The largest absolute Gasteiger partial charge is 0.478 e. The van der Waals surface area contributed by atoms with Crippen LogP contribution in [0.4, 0.5) is 5.69 Å². The van der Waals surface area contributed by atoms with E-state index >= 15 is 0 Å². The fraction of sp³-hybridized carbons (Fsp3) is 0.588. The van der Waals surface area contributed by atoms with Crippen LogP contribution in [-0.2, 0) is 0 Å². The number of nitrogens with zero attached hydrogens (tertiary/aromatic N) is 1. The minimum absolute atomic E-state index is 0.442. The van der Waals surface area contributed by atoms with Crippen LogP contribution in [0, 0.1) is 10.7 Å². The number of unbranched alkanes of at least 4 members (excludes halogenated alkanes) is 4. The molecule has 0 amide bonds. The van der Waals surface area contributed by atoms with Gasteiger partial charge in [0.1, 0.15) is 0 Å². The fourth-order valence-corrected chi connectivity index (χ4v) is 7.02. The molecule has 0 radical (unpaired) electrons. The van der Waals surface area contributed by atoms with E-state index in [1.165, 1.54) is 25.7 Å². The van der Waals surface area contributed by atoms with E-state index in [9.17, 15) is 9.90 Å². The van der Waals surface area contributed by atoms with Gasteiger partial charge < -0.3 is 10.0 Å². The van der Waals surface area contributed by atoms with Crippen LogP contribution in [0.1, 0.15) is 62.7 Å². The molecule has 1 rings (SSSR count). The van der Waals surface area contributed by atoms with Gasteiger partial charge in [0.2, 0.25) is 0 Å². The van der Waals surface area contributed by atoms with Crippen LogP contribution in [0.15, 0.2) is 6.07 Å². The van der Waals surface area contributed by atoms with Crippen LogP contribution in [0.3, 0.4) is 0 Å². The maximum absolute atomic E-state index is 11.6. The zero-order valence-corrected chi connectivity index (χ0v) is 20.1. The molecule has 0 saturated heterocycles. The highest BCUT2D eigenvalue weighted by Gasteiger charge is 2.22. The SMILES string of the molecule is CCCCCN(CCCCC)c1c(I)cc(I)c(C(=O)O)c1I. The van der Waals surface area contributed by atoms with Crippen molar-refractivity contribution in [2.75, 3.05) is 18.0 Å². The maximum atomic E-state index is 11.6. The number of anilines is 1. The van der Waals surface area contributed by atoms with E-state index in [4.69, 9.17) is 0 Å². The Morgan fingerprint density at radius 2 is 1.52 bits per heavy atom. The number of hydrogen-bond donors (Lipinski definition) is 1. The van der Waals surface area contributed by atoms with E-state index in [-0.39, 0.29) is 0 Å². The van der Waals surface area contributed by atoms with Crippen LogP contribution < -0.4 is 4.90 Å². The zero-order chi connectivity index (χ0) is 17.4. The molecular formula is C17H24I3NO2. The lowest BCUT2D eigenvalue weighted by atomic mass is 10.1. The molecule has 1 aromatic rings. The van der Waals surface area contributed by atoms with Gasteiger partial charge >= 0.3 is 5.97 Å². The molecule has 1 aromatic carbocycles. The van der Waals surface area contributed by atoms with Crippen molar-refractivity contribution < 1.29 is 9.90 Å². The summed E-state index contributed by atoms with van der Waals surface area (Å²) in [6.45, 7) is 6.43. The van der Waals surface area contributed by atoms with Crippen LogP contribution in [0.2, 0.25) is 0 Å². The van der Waals surface area contributed by atoms with Crippen molar-refractivity contribution in [1.82, 2.24) is 0 Å². The molecule has 0 aliphatic heterocycles. The molecule has 130 valence electrons. The van der Waals surface area contributed by atoms with Gasteiger partial charge in [0, 0.05) is 20.2 Å². The van der Waals surface area contributed by atoms with Crippen LogP contribution in [-0.4, -0.2) is 24.2 Å². The lowest BCUT2D eigenvalue weighted by molar-refractivity contribution is 0.0694. The molecule has 0 bridgehead atoms. The Kier molecular flexibility index (Phi) is 10.7. The second-order valence-electron chi connectivity index (χ2n) is 5.58. The van der Waals surface area contributed by atoms with Gasteiger partial charge in [-0.25, -0.2) is 4.79 Å². The van der Waals surface area contributed by atoms with Crippen molar-refractivity contribution in [2.24, 2.45) is 0 Å². The molecular weight excluding hydrogens is 631 g/mol. The van der Waals surface area contributed by atoms with Gasteiger partial charge in [-0.2, -0.15) is 0 Å². The number of hydrogen-bond acceptors (Lipinski definition) is 2. The summed E-state index contributed by atoms with van der Waals surface area (Å²) in [4.78, 5) is 14.0. The third kappa shape index (κ3) is 6.48. The maximum Gasteiger partial charge on any atom is 0.337 e. The minimum Gasteiger partial charge on any atom is -0.478 e. The number of carboxylic acids is 1. The summed E-state index contributed by atoms with van der Waals surface area (Å²) in [7, 11) is 0. The summed E-state index contributed by atoms with van der Waals surface area (Å²) in [5, 5.41) is 9.54. The van der Waals surface area contributed by atoms with E-state index in [2.05, 4.69) is 86.5 Å². The first kappa shape index (κ1) is 21.7. The predicted molar refractivity (Wildman–Crippen MR) is 123 cm³/mol. The average Bonchev–Trinajstić information content (AvgIpc) is 2.46. The Hall–Kier alpha value is 0.680. The van der Waals surface area contributed by atoms with Gasteiger partial charge in [0.15, 0.2) is 0 Å². The first-order valence-electron chi connectivity index (χ1n) is 8.09. The number of rotatable bonds is 10. The number of halogens is 3. The van der Waals surface area contributed by atoms with Crippen molar-refractivity contribution >= 4 is 79.4 Å². The lowest BCUT2D eigenvalue weighted by Gasteiger charge is -2.28. The van der Waals surface area contributed by atoms with Crippen molar-refractivity contribution in [3.05, 3.63) is 22.3 Å². The highest BCUT2D eigenvalue weighted by atomic mass is 127. The smallest absolute Gasteiger partial charge is 0.337 e. The molecule has 0 aromatic heterocycles. The summed E-state index contributed by atoms with van der Waals surface area (Å²) in [6.07, 6.45) is 7.14. The van der Waals surface area contributed by atoms with E-state index in [1.807, 2.05) is 6.07 Å². The van der Waals surface area contributed by atoms with Crippen LogP contribution >= 0.6 is 67.8 Å². The molecule has 0 spiro atoms. The Balaban J connectivity index is 3.16. The topological polar surface area (TPSA) is 40.5 Å². The fourth-order valence-electron chi connectivity index (χ4n) is 2.51. The molecule has 0 aliphatic rings. The minimum atomic E-state index is -0.835. The Morgan fingerprint density at radius 3 is 1.96 bits per heavy atom. The summed E-state index contributed by atoms with van der Waals surface area (Å²) in [6, 6.07) is 1.99. The molecule has 6 heteroatoms. The molecule has 1 N–H and O–H groups in total. The Bertz CT molecular complexity index is 525. The molecule has 3 nitrogen and oxygen atoms in total. The second kappa shape index (κ2) is 11.3. The third-order valence-corrected chi connectivity index (χ3v) is 6.46. The number of carbonyl (C=O) groups is 1. The van der Waals surface area contributed by atoms with Gasteiger partial charge in [-0.3, -0.25) is 0 Å². The molecule has 0 saturated carbocycles. The quantitative estimate of drug-likeness (QED) is 0.235. The van der Waals surface area contributed by atoms with Crippen LogP contribution in [0.25, 0.3) is 0 Å². The van der Waals surface area contributed by atoms with Crippen molar-refractivity contribution in [3.8, 4) is 0 Å². The Labute approximate surface area is 180 Å². The first-order chi connectivity index (χ1) is 10.9. The average molecular weight is 655 g/mol. The van der Waals surface area contributed by atoms with Gasteiger partial charge in [-0.15, -0.1) is 0 Å². The van der Waals surface area contributed by atoms with Gasteiger partial charge in [0.05, 0.1) is 14.8 Å². The standard InChI is InChI=1S/C17H24I3NO2/c1-3-5-7-9-21(10-8-6-4-2)16-13(19)11-12(18)14(15(16)20)17(22)23/h11H,3-10H2,1-2H3,(H,22,23). The first-order valence-corrected chi connectivity index (χ1v) is 11.3. The van der Waals surface area contributed by atoms with Gasteiger partial charge in [-0.05, 0) is 86.7 Å². The summed E-state index contributed by atoms with van der Waals surface area (Å²) in [5.41, 5.74) is 1.55. The summed E-state index contributed by atoms with van der Waals surface area (Å²) in [5.74, 6) is -0.835. The second-order valence-corrected chi connectivity index (χ2v) is 8.99. The lowest BCUT2D eigenvalue weighted by Crippen LogP contribution is -2.28. The summed E-state index contributed by atoms with van der Waals surface area (Å²) < 4.78 is 2.84. The van der Waals surface area contributed by atoms with E-state index in [0.717, 1.165) is 42.3 Å². The normalized spacial score (nSPS) is 10.8. The summed E-state index contributed by atoms with van der Waals surface area (Å²) >= 11 is 6.68. The molecule has 0 unspecified atom stereocenters. The van der Waals surface area contributed by atoms with E-state index < -0.39 is 5.97 Å². The molecule has 0 fully saturated rings. The van der Waals surface area contributed by atoms with Gasteiger partial charge in [-0.1, -0.05) is 39.5 Å². The highest BCUT2D eigenvalue weighted by molar-refractivity contribution is 14.1. The molecule has 0 heterocycles. The number of aromatic carboxylic acids is 1.